The number of fused-ring (bicyclic) bond motifs is 1. The van der Waals surface area contributed by atoms with E-state index in [-0.39, 0.29) is 0 Å². The fraction of sp³-hybridized carbons (Fsp3) is 0.364. The minimum Gasteiger partial charge on any atom is -0.261 e. The maximum Gasteiger partial charge on any atom is 0.0481 e. The molecule has 0 radical (unpaired) electrons. The van der Waals surface area contributed by atoms with Crippen molar-refractivity contribution in [1.29, 1.82) is 0 Å². The van der Waals surface area contributed by atoms with Gasteiger partial charge in [-0.25, -0.2) is 0 Å². The number of allylic oxidation sites excluding steroid dienone is 1. The molecule has 1 nitrogen and oxygen atoms in total. The van der Waals surface area contributed by atoms with E-state index in [4.69, 9.17) is 0 Å². The summed E-state index contributed by atoms with van der Waals surface area (Å²) < 4.78 is 0. The maximum absolute atomic E-state index is 4.38. The van der Waals surface area contributed by atoms with Gasteiger partial charge < -0.3 is 0 Å². The van der Waals surface area contributed by atoms with Crippen LogP contribution in [0.2, 0.25) is 0 Å². The van der Waals surface area contributed by atoms with Gasteiger partial charge in [0.2, 0.25) is 0 Å². The molecule has 1 aliphatic carbocycles. The summed E-state index contributed by atoms with van der Waals surface area (Å²) in [5, 5.41) is 0. The molecule has 0 N–H and O–H groups in total. The third kappa shape index (κ3) is 1.15. The number of hydrogen-bond acceptors (Lipinski definition) is 1. The van der Waals surface area contributed by atoms with Gasteiger partial charge in [-0.1, -0.05) is 19.1 Å². The Labute approximate surface area is 73.1 Å². The van der Waals surface area contributed by atoms with E-state index in [2.05, 4.69) is 30.1 Å². The van der Waals surface area contributed by atoms with Crippen LogP contribution in [0.15, 0.2) is 18.3 Å². The molecule has 1 aromatic rings. The van der Waals surface area contributed by atoms with Crippen LogP contribution in [0.3, 0.4) is 0 Å². The first-order valence-corrected chi connectivity index (χ1v) is 4.55. The van der Waals surface area contributed by atoms with Crippen molar-refractivity contribution < 1.29 is 0 Å². The summed E-state index contributed by atoms with van der Waals surface area (Å²) in [4.78, 5) is 4.38. The van der Waals surface area contributed by atoms with Gasteiger partial charge in [-0.15, -0.1) is 0 Å². The summed E-state index contributed by atoms with van der Waals surface area (Å²) in [5.74, 6) is 0. The van der Waals surface area contributed by atoms with Crippen molar-refractivity contribution in [3.63, 3.8) is 0 Å². The monoisotopic (exact) mass is 159 g/mol. The molecule has 0 aromatic carbocycles. The van der Waals surface area contributed by atoms with Gasteiger partial charge in [-0.05, 0) is 36.5 Å². The van der Waals surface area contributed by atoms with Crippen molar-refractivity contribution in [3.05, 3.63) is 35.2 Å². The first-order chi connectivity index (χ1) is 5.92. The van der Waals surface area contributed by atoms with E-state index in [1.165, 1.54) is 16.8 Å². The first-order valence-electron chi connectivity index (χ1n) is 4.55. The van der Waals surface area contributed by atoms with Crippen LogP contribution in [0, 0.1) is 0 Å². The van der Waals surface area contributed by atoms with Gasteiger partial charge in [-0.2, -0.15) is 0 Å². The molecule has 0 saturated heterocycles. The molecule has 0 fully saturated rings. The Morgan fingerprint density at radius 1 is 1.50 bits per heavy atom. The lowest BCUT2D eigenvalue weighted by molar-refractivity contribution is 0.913. The third-order valence-corrected chi connectivity index (χ3v) is 2.38. The molecule has 62 valence electrons. The molecule has 0 bridgehead atoms. The molecule has 12 heavy (non-hydrogen) atoms. The van der Waals surface area contributed by atoms with Gasteiger partial charge in [0.05, 0.1) is 0 Å². The van der Waals surface area contributed by atoms with Crippen molar-refractivity contribution in [3.8, 4) is 0 Å². The second kappa shape index (κ2) is 3.10. The van der Waals surface area contributed by atoms with Crippen LogP contribution in [-0.4, -0.2) is 4.98 Å². The smallest absolute Gasteiger partial charge is 0.0481 e. The molecule has 0 aliphatic heterocycles. The van der Waals surface area contributed by atoms with E-state index in [1.807, 2.05) is 6.20 Å². The molecule has 2 rings (SSSR count). The highest BCUT2D eigenvalue weighted by atomic mass is 14.7. The Bertz CT molecular complexity index is 313. The minimum absolute atomic E-state index is 1.11. The van der Waals surface area contributed by atoms with E-state index in [0.717, 1.165) is 19.3 Å². The average Bonchev–Trinajstić information content (AvgIpc) is 2.17. The number of aromatic nitrogens is 1. The van der Waals surface area contributed by atoms with Crippen molar-refractivity contribution >= 4 is 6.08 Å². The standard InChI is InChI=1S/C11H13N/c1-2-9-7-8-12-11-6-4-3-5-10(9)11/h3,5,7-8H,2,4,6H2,1H3. The number of aryl methyl sites for hydroxylation is 2. The van der Waals surface area contributed by atoms with Crippen molar-refractivity contribution in [1.82, 2.24) is 4.98 Å². The summed E-state index contributed by atoms with van der Waals surface area (Å²) in [6.07, 6.45) is 9.74. The topological polar surface area (TPSA) is 12.9 Å². The summed E-state index contributed by atoms with van der Waals surface area (Å²) >= 11 is 0. The zero-order valence-corrected chi connectivity index (χ0v) is 7.38. The molecule has 1 aliphatic rings. The van der Waals surface area contributed by atoms with Crippen LogP contribution in [0.5, 0.6) is 0 Å². The number of nitrogens with zero attached hydrogens (tertiary/aromatic N) is 1. The molecule has 0 amide bonds. The number of pyridine rings is 1. The fourth-order valence-corrected chi connectivity index (χ4v) is 1.69. The van der Waals surface area contributed by atoms with Gasteiger partial charge in [0, 0.05) is 11.9 Å². The lowest BCUT2D eigenvalue weighted by Gasteiger charge is -2.12. The predicted octanol–water partition coefficient (Wildman–Crippen LogP) is 2.60. The predicted molar refractivity (Wildman–Crippen MR) is 51.0 cm³/mol. The Hall–Kier alpha value is -1.11. The Morgan fingerprint density at radius 3 is 3.25 bits per heavy atom. The zero-order valence-electron chi connectivity index (χ0n) is 7.38. The molecule has 1 heteroatoms. The quantitative estimate of drug-likeness (QED) is 0.613. The highest BCUT2D eigenvalue weighted by molar-refractivity contribution is 5.58. The molecule has 1 heterocycles. The van der Waals surface area contributed by atoms with Gasteiger partial charge in [0.1, 0.15) is 0 Å². The van der Waals surface area contributed by atoms with Crippen LogP contribution in [0.25, 0.3) is 6.08 Å². The molecule has 0 unspecified atom stereocenters. The summed E-state index contributed by atoms with van der Waals surface area (Å²) in [6.45, 7) is 2.19. The molecule has 0 atom stereocenters. The molecular weight excluding hydrogens is 146 g/mol. The van der Waals surface area contributed by atoms with Crippen LogP contribution < -0.4 is 0 Å². The van der Waals surface area contributed by atoms with Crippen molar-refractivity contribution in [2.75, 3.05) is 0 Å². The molecule has 0 spiro atoms. The Morgan fingerprint density at radius 2 is 2.42 bits per heavy atom. The molecular formula is C11H13N. The summed E-state index contributed by atoms with van der Waals surface area (Å²) in [7, 11) is 0. The SMILES string of the molecule is CCc1ccnc2c1C=CCC2. The Balaban J connectivity index is 2.54. The minimum atomic E-state index is 1.11. The van der Waals surface area contributed by atoms with Crippen LogP contribution in [0.4, 0.5) is 0 Å². The maximum atomic E-state index is 4.38. The van der Waals surface area contributed by atoms with E-state index in [0.29, 0.717) is 0 Å². The number of hydrogen-bond donors (Lipinski definition) is 0. The van der Waals surface area contributed by atoms with E-state index in [1.54, 1.807) is 0 Å². The van der Waals surface area contributed by atoms with Gasteiger partial charge >= 0.3 is 0 Å². The lowest BCUT2D eigenvalue weighted by atomic mass is 9.97. The normalized spacial score (nSPS) is 14.4. The fourth-order valence-electron chi connectivity index (χ4n) is 1.69. The van der Waals surface area contributed by atoms with Crippen molar-refractivity contribution in [2.45, 2.75) is 26.2 Å². The lowest BCUT2D eigenvalue weighted by Crippen LogP contribution is -2.00. The molecule has 0 saturated carbocycles. The third-order valence-electron chi connectivity index (χ3n) is 2.38. The second-order valence-electron chi connectivity index (χ2n) is 3.13. The second-order valence-corrected chi connectivity index (χ2v) is 3.13. The van der Waals surface area contributed by atoms with Crippen LogP contribution in [0.1, 0.15) is 30.2 Å². The number of rotatable bonds is 1. The zero-order chi connectivity index (χ0) is 8.39. The highest BCUT2D eigenvalue weighted by Gasteiger charge is 2.07. The van der Waals surface area contributed by atoms with E-state index < -0.39 is 0 Å². The van der Waals surface area contributed by atoms with Gasteiger partial charge in [0.25, 0.3) is 0 Å². The Kier molecular flexibility index (Phi) is 1.94. The van der Waals surface area contributed by atoms with Gasteiger partial charge in [-0.3, -0.25) is 4.98 Å². The first kappa shape index (κ1) is 7.53. The largest absolute Gasteiger partial charge is 0.261 e. The highest BCUT2D eigenvalue weighted by Crippen LogP contribution is 2.20. The summed E-state index contributed by atoms with van der Waals surface area (Å²) in [6, 6.07) is 2.12. The summed E-state index contributed by atoms with van der Waals surface area (Å²) in [5.41, 5.74) is 4.07. The van der Waals surface area contributed by atoms with Crippen LogP contribution >= 0.6 is 0 Å². The van der Waals surface area contributed by atoms with Gasteiger partial charge in [0.15, 0.2) is 0 Å². The average molecular weight is 159 g/mol. The molecule has 1 aromatic heterocycles. The van der Waals surface area contributed by atoms with Crippen molar-refractivity contribution in [2.24, 2.45) is 0 Å². The van der Waals surface area contributed by atoms with E-state index >= 15 is 0 Å². The van der Waals surface area contributed by atoms with Crippen LogP contribution in [-0.2, 0) is 12.8 Å². The van der Waals surface area contributed by atoms with E-state index in [9.17, 15) is 0 Å².